The number of thiazole rings is 1. The van der Waals surface area contributed by atoms with Crippen LogP contribution in [0.15, 0.2) is 15.9 Å². The Morgan fingerprint density at radius 3 is 3.07 bits per heavy atom. The van der Waals surface area contributed by atoms with Crippen molar-refractivity contribution in [3.8, 4) is 6.07 Å². The molecule has 0 saturated heterocycles. The van der Waals surface area contributed by atoms with Crippen molar-refractivity contribution in [1.82, 2.24) is 10.3 Å². The molecule has 1 atom stereocenters. The fraction of sp³-hybridized carbons (Fsp3) is 0.600. The molecule has 1 N–H and O–H groups in total. The van der Waals surface area contributed by atoms with Crippen molar-refractivity contribution in [2.75, 3.05) is 12.8 Å². The van der Waals surface area contributed by atoms with Gasteiger partial charge in [0.2, 0.25) is 0 Å². The maximum absolute atomic E-state index is 8.94. The molecule has 1 rings (SSSR count). The quantitative estimate of drug-likeness (QED) is 0.614. The van der Waals surface area contributed by atoms with Crippen LogP contribution in [-0.2, 0) is 0 Å². The topological polar surface area (TPSA) is 48.7 Å². The van der Waals surface area contributed by atoms with Gasteiger partial charge in [0.15, 0.2) is 0 Å². The normalized spacial score (nSPS) is 14.5. The average Bonchev–Trinajstić information content (AvgIpc) is 2.77. The molecule has 1 aromatic heterocycles. The minimum atomic E-state index is -0.385. The van der Waals surface area contributed by atoms with Gasteiger partial charge in [-0.1, -0.05) is 11.8 Å². The Labute approximate surface area is 98.9 Å². The van der Waals surface area contributed by atoms with Crippen LogP contribution in [0.3, 0.4) is 0 Å². The van der Waals surface area contributed by atoms with Crippen LogP contribution in [0, 0.1) is 11.3 Å². The van der Waals surface area contributed by atoms with Crippen molar-refractivity contribution in [2.45, 2.75) is 29.6 Å². The third kappa shape index (κ3) is 4.20. The molecule has 0 amide bonds. The highest BCUT2D eigenvalue weighted by molar-refractivity contribution is 8.00. The number of hydrogen-bond donors (Lipinski definition) is 1. The van der Waals surface area contributed by atoms with Gasteiger partial charge in [-0.2, -0.15) is 5.26 Å². The van der Waals surface area contributed by atoms with Crippen LogP contribution in [-0.4, -0.2) is 23.3 Å². The molecule has 0 bridgehead atoms. The standard InChI is InChI=1S/C10H15N3S2/c1-10(8-11,12-2)4-3-6-14-9-13-5-7-15-9/h5,7,12H,3-4,6H2,1-2H3. The van der Waals surface area contributed by atoms with Gasteiger partial charge < -0.3 is 5.32 Å². The van der Waals surface area contributed by atoms with E-state index in [2.05, 4.69) is 16.4 Å². The molecule has 0 aliphatic carbocycles. The van der Waals surface area contributed by atoms with Crippen LogP contribution in [0.25, 0.3) is 0 Å². The van der Waals surface area contributed by atoms with Gasteiger partial charge in [0.25, 0.3) is 0 Å². The summed E-state index contributed by atoms with van der Waals surface area (Å²) in [5.74, 6) is 1.02. The molecule has 0 aromatic carbocycles. The minimum Gasteiger partial charge on any atom is -0.303 e. The smallest absolute Gasteiger partial charge is 0.149 e. The Morgan fingerprint density at radius 2 is 2.53 bits per heavy atom. The summed E-state index contributed by atoms with van der Waals surface area (Å²) in [6.45, 7) is 1.93. The lowest BCUT2D eigenvalue weighted by molar-refractivity contribution is 0.451. The lowest BCUT2D eigenvalue weighted by Gasteiger charge is -2.19. The molecule has 0 aliphatic heterocycles. The first-order valence-electron chi connectivity index (χ1n) is 4.82. The van der Waals surface area contributed by atoms with Crippen molar-refractivity contribution < 1.29 is 0 Å². The second-order valence-electron chi connectivity index (χ2n) is 3.44. The first-order valence-corrected chi connectivity index (χ1v) is 6.69. The number of nitrogens with one attached hydrogen (secondary N) is 1. The Balaban J connectivity index is 2.20. The molecule has 15 heavy (non-hydrogen) atoms. The van der Waals surface area contributed by atoms with Crippen molar-refractivity contribution in [3.05, 3.63) is 11.6 Å². The van der Waals surface area contributed by atoms with Crippen LogP contribution >= 0.6 is 23.1 Å². The van der Waals surface area contributed by atoms with Crippen molar-refractivity contribution in [2.24, 2.45) is 0 Å². The summed E-state index contributed by atoms with van der Waals surface area (Å²) in [7, 11) is 1.83. The minimum absolute atomic E-state index is 0.385. The second kappa shape index (κ2) is 6.11. The average molecular weight is 241 g/mol. The van der Waals surface area contributed by atoms with Crippen molar-refractivity contribution in [1.29, 1.82) is 5.26 Å². The Hall–Kier alpha value is -0.570. The van der Waals surface area contributed by atoms with E-state index in [1.165, 1.54) is 0 Å². The fourth-order valence-electron chi connectivity index (χ4n) is 1.10. The van der Waals surface area contributed by atoms with Gasteiger partial charge >= 0.3 is 0 Å². The van der Waals surface area contributed by atoms with Gasteiger partial charge in [0.1, 0.15) is 9.88 Å². The molecule has 0 saturated carbocycles. The van der Waals surface area contributed by atoms with Crippen LogP contribution < -0.4 is 5.32 Å². The maximum atomic E-state index is 8.94. The van der Waals surface area contributed by atoms with Gasteiger partial charge in [-0.15, -0.1) is 11.3 Å². The predicted molar refractivity (Wildman–Crippen MR) is 65.1 cm³/mol. The molecule has 0 fully saturated rings. The van der Waals surface area contributed by atoms with Crippen molar-refractivity contribution >= 4 is 23.1 Å². The molecule has 82 valence electrons. The van der Waals surface area contributed by atoms with E-state index in [0.29, 0.717) is 0 Å². The third-order valence-electron chi connectivity index (χ3n) is 2.25. The summed E-state index contributed by atoms with van der Waals surface area (Å²) in [5.41, 5.74) is -0.385. The SMILES string of the molecule is CNC(C)(C#N)CCCSc1nccs1. The fourth-order valence-corrected chi connectivity index (χ4v) is 2.75. The molecule has 0 radical (unpaired) electrons. The number of rotatable bonds is 6. The number of hydrogen-bond acceptors (Lipinski definition) is 5. The largest absolute Gasteiger partial charge is 0.303 e. The number of thioether (sulfide) groups is 1. The van der Waals surface area contributed by atoms with E-state index in [1.54, 1.807) is 23.1 Å². The molecular weight excluding hydrogens is 226 g/mol. The Kier molecular flexibility index (Phi) is 5.09. The summed E-state index contributed by atoms with van der Waals surface area (Å²) in [5, 5.41) is 14.0. The van der Waals surface area contributed by atoms with E-state index >= 15 is 0 Å². The molecular formula is C10H15N3S2. The van der Waals surface area contributed by atoms with Crippen LogP contribution in [0.4, 0.5) is 0 Å². The van der Waals surface area contributed by atoms with Gasteiger partial charge in [-0.3, -0.25) is 0 Å². The number of aromatic nitrogens is 1. The summed E-state index contributed by atoms with van der Waals surface area (Å²) in [4.78, 5) is 4.19. The van der Waals surface area contributed by atoms with Gasteiger partial charge in [0, 0.05) is 17.3 Å². The predicted octanol–water partition coefficient (Wildman–Crippen LogP) is 2.52. The van der Waals surface area contributed by atoms with E-state index in [0.717, 1.165) is 22.9 Å². The first kappa shape index (κ1) is 12.5. The van der Waals surface area contributed by atoms with Gasteiger partial charge in [-0.05, 0) is 26.8 Å². The molecule has 1 aromatic rings. The van der Waals surface area contributed by atoms with Crippen molar-refractivity contribution in [3.63, 3.8) is 0 Å². The third-order valence-corrected chi connectivity index (χ3v) is 4.31. The highest BCUT2D eigenvalue weighted by Gasteiger charge is 2.19. The lowest BCUT2D eigenvalue weighted by atomic mass is 9.99. The monoisotopic (exact) mass is 241 g/mol. The molecule has 0 aliphatic rings. The molecule has 3 nitrogen and oxygen atoms in total. The molecule has 1 unspecified atom stereocenters. The zero-order valence-corrected chi connectivity index (χ0v) is 10.6. The molecule has 5 heteroatoms. The van der Waals surface area contributed by atoms with Crippen LogP contribution in [0.5, 0.6) is 0 Å². The summed E-state index contributed by atoms with van der Waals surface area (Å²) >= 11 is 3.42. The highest BCUT2D eigenvalue weighted by atomic mass is 32.2. The summed E-state index contributed by atoms with van der Waals surface area (Å²) in [6.07, 6.45) is 3.72. The molecule has 1 heterocycles. The highest BCUT2D eigenvalue weighted by Crippen LogP contribution is 2.22. The molecule has 0 spiro atoms. The Morgan fingerprint density at radius 1 is 1.73 bits per heavy atom. The first-order chi connectivity index (χ1) is 7.20. The maximum Gasteiger partial charge on any atom is 0.149 e. The van der Waals surface area contributed by atoms with Crippen LogP contribution in [0.1, 0.15) is 19.8 Å². The van der Waals surface area contributed by atoms with E-state index < -0.39 is 0 Å². The van der Waals surface area contributed by atoms with E-state index in [9.17, 15) is 0 Å². The van der Waals surface area contributed by atoms with E-state index in [4.69, 9.17) is 5.26 Å². The summed E-state index contributed by atoms with van der Waals surface area (Å²) < 4.78 is 1.11. The van der Waals surface area contributed by atoms with Gasteiger partial charge in [-0.25, -0.2) is 4.98 Å². The number of nitriles is 1. The van der Waals surface area contributed by atoms with Gasteiger partial charge in [0.05, 0.1) is 6.07 Å². The number of nitrogens with zero attached hydrogens (tertiary/aromatic N) is 2. The summed E-state index contributed by atoms with van der Waals surface area (Å²) in [6, 6.07) is 2.29. The second-order valence-corrected chi connectivity index (χ2v) is 5.68. The zero-order chi connectivity index (χ0) is 11.1. The lowest BCUT2D eigenvalue weighted by Crippen LogP contribution is -2.37. The van der Waals surface area contributed by atoms with Crippen LogP contribution in [0.2, 0.25) is 0 Å². The van der Waals surface area contributed by atoms with E-state index in [-0.39, 0.29) is 5.54 Å². The zero-order valence-electron chi connectivity index (χ0n) is 8.99. The van der Waals surface area contributed by atoms with E-state index in [1.807, 2.05) is 25.5 Å². The Bertz CT molecular complexity index is 318.